The molecule has 0 aliphatic heterocycles. The Morgan fingerprint density at radius 2 is 2.06 bits per heavy atom. The summed E-state index contributed by atoms with van der Waals surface area (Å²) in [5, 5.41) is 0. The van der Waals surface area contributed by atoms with Crippen LogP contribution in [0.5, 0.6) is 5.75 Å². The monoisotopic (exact) mass is 222 g/mol. The highest BCUT2D eigenvalue weighted by Gasteiger charge is 2.01. The van der Waals surface area contributed by atoms with E-state index in [0.717, 1.165) is 30.4 Å². The van der Waals surface area contributed by atoms with E-state index in [0.29, 0.717) is 0 Å². The minimum atomic E-state index is -0.0185. The molecule has 0 aromatic carbocycles. The summed E-state index contributed by atoms with van der Waals surface area (Å²) in [6.07, 6.45) is 4.03. The van der Waals surface area contributed by atoms with Crippen molar-refractivity contribution < 1.29 is 4.74 Å². The van der Waals surface area contributed by atoms with Crippen LogP contribution in [0.1, 0.15) is 45.3 Å². The zero-order chi connectivity index (χ0) is 12.0. The Morgan fingerprint density at radius 1 is 1.31 bits per heavy atom. The molecule has 0 radical (unpaired) electrons. The van der Waals surface area contributed by atoms with Crippen LogP contribution in [0.25, 0.3) is 0 Å². The van der Waals surface area contributed by atoms with Crippen molar-refractivity contribution >= 4 is 0 Å². The van der Waals surface area contributed by atoms with Gasteiger partial charge in [0.25, 0.3) is 0 Å². The van der Waals surface area contributed by atoms with Crippen molar-refractivity contribution in [2.45, 2.75) is 39.7 Å². The van der Waals surface area contributed by atoms with E-state index in [-0.39, 0.29) is 6.04 Å². The fraction of sp³-hybridized carbons (Fsp3) is 0.615. The highest BCUT2D eigenvalue weighted by molar-refractivity contribution is 5.21. The predicted octanol–water partition coefficient (Wildman–Crippen LogP) is 2.92. The number of rotatable bonds is 6. The van der Waals surface area contributed by atoms with E-state index in [9.17, 15) is 0 Å². The Bertz CT molecular complexity index is 293. The van der Waals surface area contributed by atoms with Crippen molar-refractivity contribution in [2.75, 3.05) is 6.61 Å². The van der Waals surface area contributed by atoms with E-state index in [1.54, 1.807) is 6.20 Å². The Kier molecular flexibility index (Phi) is 5.26. The van der Waals surface area contributed by atoms with Gasteiger partial charge in [0.05, 0.1) is 18.5 Å². The average Bonchev–Trinajstić information content (AvgIpc) is 2.25. The Morgan fingerprint density at radius 3 is 2.56 bits per heavy atom. The lowest BCUT2D eigenvalue weighted by atomic mass is 10.1. The SMILES string of the molecule is CC(C)CCCOc1ccc([C@H](C)N)nc1. The van der Waals surface area contributed by atoms with Gasteiger partial charge in [0, 0.05) is 6.04 Å². The van der Waals surface area contributed by atoms with Crippen LogP contribution < -0.4 is 10.5 Å². The molecule has 0 amide bonds. The van der Waals surface area contributed by atoms with Gasteiger partial charge >= 0.3 is 0 Å². The molecule has 0 aliphatic rings. The van der Waals surface area contributed by atoms with Gasteiger partial charge in [-0.3, -0.25) is 4.98 Å². The molecule has 0 bridgehead atoms. The van der Waals surface area contributed by atoms with Crippen LogP contribution in [0, 0.1) is 5.92 Å². The molecule has 0 spiro atoms. The molecule has 3 nitrogen and oxygen atoms in total. The standard InChI is InChI=1S/C13H22N2O/c1-10(2)5-4-8-16-12-6-7-13(11(3)14)15-9-12/h6-7,9-11H,4-5,8,14H2,1-3H3/t11-/m0/s1. The first-order valence-electron chi connectivity index (χ1n) is 5.94. The first-order valence-corrected chi connectivity index (χ1v) is 5.94. The molecule has 16 heavy (non-hydrogen) atoms. The molecule has 2 N–H and O–H groups in total. The number of aromatic nitrogens is 1. The normalized spacial score (nSPS) is 12.8. The molecule has 1 atom stereocenters. The van der Waals surface area contributed by atoms with E-state index in [1.807, 2.05) is 19.1 Å². The van der Waals surface area contributed by atoms with Crippen LogP contribution in [0.4, 0.5) is 0 Å². The summed E-state index contributed by atoms with van der Waals surface area (Å²) in [6, 6.07) is 3.83. The van der Waals surface area contributed by atoms with E-state index in [2.05, 4.69) is 18.8 Å². The lowest BCUT2D eigenvalue weighted by molar-refractivity contribution is 0.296. The van der Waals surface area contributed by atoms with Gasteiger partial charge in [-0.1, -0.05) is 13.8 Å². The number of hydrogen-bond acceptors (Lipinski definition) is 3. The third-order valence-electron chi connectivity index (χ3n) is 2.42. The summed E-state index contributed by atoms with van der Waals surface area (Å²) in [6.45, 7) is 7.13. The van der Waals surface area contributed by atoms with Gasteiger partial charge in [0.2, 0.25) is 0 Å². The van der Waals surface area contributed by atoms with Crippen LogP contribution >= 0.6 is 0 Å². The Labute approximate surface area is 98.0 Å². The molecule has 1 aromatic rings. The zero-order valence-corrected chi connectivity index (χ0v) is 10.4. The van der Waals surface area contributed by atoms with Crippen molar-refractivity contribution in [3.8, 4) is 5.75 Å². The van der Waals surface area contributed by atoms with Crippen LogP contribution in [0.3, 0.4) is 0 Å². The van der Waals surface area contributed by atoms with E-state index in [4.69, 9.17) is 10.5 Å². The zero-order valence-electron chi connectivity index (χ0n) is 10.4. The van der Waals surface area contributed by atoms with Gasteiger partial charge in [-0.25, -0.2) is 0 Å². The molecule has 1 aromatic heterocycles. The molecule has 0 fully saturated rings. The summed E-state index contributed by atoms with van der Waals surface area (Å²) < 4.78 is 5.59. The average molecular weight is 222 g/mol. The largest absolute Gasteiger partial charge is 0.492 e. The van der Waals surface area contributed by atoms with Gasteiger partial charge in [0.15, 0.2) is 0 Å². The minimum absolute atomic E-state index is 0.0185. The van der Waals surface area contributed by atoms with Gasteiger partial charge in [0.1, 0.15) is 5.75 Å². The maximum Gasteiger partial charge on any atom is 0.137 e. The van der Waals surface area contributed by atoms with Gasteiger partial charge in [-0.2, -0.15) is 0 Å². The predicted molar refractivity (Wildman–Crippen MR) is 66.4 cm³/mol. The summed E-state index contributed by atoms with van der Waals surface area (Å²) in [7, 11) is 0. The number of ether oxygens (including phenoxy) is 1. The van der Waals surface area contributed by atoms with Crippen molar-refractivity contribution in [2.24, 2.45) is 11.7 Å². The van der Waals surface area contributed by atoms with Crippen LogP contribution in [0.2, 0.25) is 0 Å². The highest BCUT2D eigenvalue weighted by atomic mass is 16.5. The summed E-state index contributed by atoms with van der Waals surface area (Å²) in [5.74, 6) is 1.57. The first kappa shape index (κ1) is 13.0. The van der Waals surface area contributed by atoms with E-state index in [1.165, 1.54) is 6.42 Å². The summed E-state index contributed by atoms with van der Waals surface area (Å²) in [5.41, 5.74) is 6.61. The molecular formula is C13H22N2O. The molecule has 3 heteroatoms. The second-order valence-electron chi connectivity index (χ2n) is 4.59. The van der Waals surface area contributed by atoms with Crippen molar-refractivity contribution in [3.63, 3.8) is 0 Å². The molecule has 0 saturated carbocycles. The van der Waals surface area contributed by atoms with Gasteiger partial charge < -0.3 is 10.5 Å². The molecule has 0 saturated heterocycles. The van der Waals surface area contributed by atoms with Crippen LogP contribution in [-0.4, -0.2) is 11.6 Å². The van der Waals surface area contributed by atoms with E-state index < -0.39 is 0 Å². The van der Waals surface area contributed by atoms with Crippen molar-refractivity contribution in [1.29, 1.82) is 0 Å². The molecule has 0 aliphatic carbocycles. The number of nitrogens with zero attached hydrogens (tertiary/aromatic N) is 1. The highest BCUT2D eigenvalue weighted by Crippen LogP contribution is 2.13. The van der Waals surface area contributed by atoms with E-state index >= 15 is 0 Å². The second-order valence-corrected chi connectivity index (χ2v) is 4.59. The Hall–Kier alpha value is -1.09. The Balaban J connectivity index is 2.32. The topological polar surface area (TPSA) is 48.1 Å². The fourth-order valence-electron chi connectivity index (χ4n) is 1.43. The molecule has 1 rings (SSSR count). The van der Waals surface area contributed by atoms with Gasteiger partial charge in [-0.15, -0.1) is 0 Å². The molecule has 90 valence electrons. The smallest absolute Gasteiger partial charge is 0.137 e. The summed E-state index contributed by atoms with van der Waals surface area (Å²) >= 11 is 0. The third-order valence-corrected chi connectivity index (χ3v) is 2.42. The van der Waals surface area contributed by atoms with Crippen LogP contribution in [0.15, 0.2) is 18.3 Å². The first-order chi connectivity index (χ1) is 7.59. The minimum Gasteiger partial charge on any atom is -0.492 e. The second kappa shape index (κ2) is 6.48. The summed E-state index contributed by atoms with van der Waals surface area (Å²) in [4.78, 5) is 4.24. The number of pyridine rings is 1. The fourth-order valence-corrected chi connectivity index (χ4v) is 1.43. The number of hydrogen-bond donors (Lipinski definition) is 1. The number of nitrogens with two attached hydrogens (primary N) is 1. The third kappa shape index (κ3) is 4.62. The lowest BCUT2D eigenvalue weighted by Crippen LogP contribution is -2.07. The van der Waals surface area contributed by atoms with Crippen LogP contribution in [-0.2, 0) is 0 Å². The van der Waals surface area contributed by atoms with Gasteiger partial charge in [-0.05, 0) is 37.8 Å². The van der Waals surface area contributed by atoms with Crippen molar-refractivity contribution in [1.82, 2.24) is 4.98 Å². The maximum absolute atomic E-state index is 5.72. The lowest BCUT2D eigenvalue weighted by Gasteiger charge is -2.09. The molecular weight excluding hydrogens is 200 g/mol. The molecule has 0 unspecified atom stereocenters. The van der Waals surface area contributed by atoms with Crippen molar-refractivity contribution in [3.05, 3.63) is 24.0 Å². The molecule has 1 heterocycles. The quantitative estimate of drug-likeness (QED) is 0.753. The maximum atomic E-state index is 5.72.